The van der Waals surface area contributed by atoms with Gasteiger partial charge in [0.1, 0.15) is 6.04 Å². The highest BCUT2D eigenvalue weighted by molar-refractivity contribution is 5.76. The zero-order chi connectivity index (χ0) is 10.6. The van der Waals surface area contributed by atoms with Crippen molar-refractivity contribution < 1.29 is 14.6 Å². The first kappa shape index (κ1) is 11.0. The normalized spacial score (nSPS) is 27.2. The van der Waals surface area contributed by atoms with Gasteiger partial charge in [0.15, 0.2) is 0 Å². The lowest BCUT2D eigenvalue weighted by Crippen LogP contribution is -2.37. The number of esters is 1. The van der Waals surface area contributed by atoms with Crippen LogP contribution < -0.4 is 0 Å². The number of rotatable bonds is 3. The van der Waals surface area contributed by atoms with Crippen molar-refractivity contribution in [3.05, 3.63) is 0 Å². The fourth-order valence-electron chi connectivity index (χ4n) is 1.70. The Labute approximate surface area is 82.9 Å². The maximum absolute atomic E-state index is 11.3. The number of methoxy groups -OCH3 is 1. The molecule has 0 amide bonds. The predicted octanol–water partition coefficient (Wildman–Crippen LogP) is -0.492. The molecule has 78 valence electrons. The number of ether oxygens (including phenoxy) is 1. The van der Waals surface area contributed by atoms with Crippen LogP contribution in [0.3, 0.4) is 0 Å². The monoisotopic (exact) mass is 198 g/mol. The lowest BCUT2D eigenvalue weighted by molar-refractivity contribution is -0.145. The molecule has 1 N–H and O–H groups in total. The van der Waals surface area contributed by atoms with Crippen LogP contribution in [-0.2, 0) is 9.53 Å². The van der Waals surface area contributed by atoms with E-state index < -0.39 is 6.10 Å². The van der Waals surface area contributed by atoms with E-state index in [9.17, 15) is 9.90 Å². The van der Waals surface area contributed by atoms with Gasteiger partial charge in [-0.3, -0.25) is 9.69 Å². The summed E-state index contributed by atoms with van der Waals surface area (Å²) in [4.78, 5) is 13.1. The third-order valence-electron chi connectivity index (χ3n) is 2.37. The lowest BCUT2D eigenvalue weighted by atomic mass is 10.2. The standard InChI is InChI=1S/C9H14N2O3/c1-14-9(13)8-5-7(12)6-11(8)4-2-3-10/h7-8,12H,2,4-6H2,1H3/t7-,8+/m1/s1. The summed E-state index contributed by atoms with van der Waals surface area (Å²) in [7, 11) is 1.33. The van der Waals surface area contributed by atoms with Gasteiger partial charge in [-0.1, -0.05) is 0 Å². The summed E-state index contributed by atoms with van der Waals surface area (Å²) >= 11 is 0. The molecule has 0 saturated carbocycles. The van der Waals surface area contributed by atoms with Gasteiger partial charge < -0.3 is 9.84 Å². The minimum atomic E-state index is -0.488. The van der Waals surface area contributed by atoms with E-state index in [0.29, 0.717) is 25.9 Å². The molecular formula is C9H14N2O3. The molecule has 1 saturated heterocycles. The molecule has 5 nitrogen and oxygen atoms in total. The topological polar surface area (TPSA) is 73.6 Å². The highest BCUT2D eigenvalue weighted by atomic mass is 16.5. The van der Waals surface area contributed by atoms with Crippen molar-refractivity contribution in [2.45, 2.75) is 25.0 Å². The van der Waals surface area contributed by atoms with Gasteiger partial charge in [0, 0.05) is 25.9 Å². The molecule has 0 spiro atoms. The molecule has 0 aromatic heterocycles. The summed E-state index contributed by atoms with van der Waals surface area (Å²) in [6.07, 6.45) is 0.274. The van der Waals surface area contributed by atoms with Crippen LogP contribution in [0.25, 0.3) is 0 Å². The van der Waals surface area contributed by atoms with E-state index in [0.717, 1.165) is 0 Å². The van der Waals surface area contributed by atoms with Crippen LogP contribution in [0.15, 0.2) is 0 Å². The Bertz CT molecular complexity index is 249. The Morgan fingerprint density at radius 3 is 3.07 bits per heavy atom. The van der Waals surface area contributed by atoms with Gasteiger partial charge in [-0.05, 0) is 0 Å². The van der Waals surface area contributed by atoms with Gasteiger partial charge in [0.05, 0.1) is 19.3 Å². The van der Waals surface area contributed by atoms with Crippen molar-refractivity contribution in [2.75, 3.05) is 20.2 Å². The van der Waals surface area contributed by atoms with Crippen LogP contribution in [0, 0.1) is 11.3 Å². The maximum atomic E-state index is 11.3. The first-order valence-electron chi connectivity index (χ1n) is 4.56. The molecule has 1 rings (SSSR count). The fraction of sp³-hybridized carbons (Fsp3) is 0.778. The van der Waals surface area contributed by atoms with Gasteiger partial charge in [0.25, 0.3) is 0 Å². The molecule has 0 unspecified atom stereocenters. The number of carbonyl (C=O) groups is 1. The molecule has 1 aliphatic heterocycles. The fourth-order valence-corrected chi connectivity index (χ4v) is 1.70. The largest absolute Gasteiger partial charge is 0.468 e. The molecule has 0 aliphatic carbocycles. The maximum Gasteiger partial charge on any atom is 0.323 e. The van der Waals surface area contributed by atoms with Crippen LogP contribution in [0.5, 0.6) is 0 Å². The summed E-state index contributed by atoms with van der Waals surface area (Å²) in [5.74, 6) is -0.334. The Hall–Kier alpha value is -1.12. The first-order chi connectivity index (χ1) is 6.69. The Morgan fingerprint density at radius 2 is 2.50 bits per heavy atom. The van der Waals surface area contributed by atoms with E-state index in [4.69, 9.17) is 5.26 Å². The zero-order valence-corrected chi connectivity index (χ0v) is 8.14. The van der Waals surface area contributed by atoms with Gasteiger partial charge >= 0.3 is 5.97 Å². The Morgan fingerprint density at radius 1 is 1.79 bits per heavy atom. The number of β-amino-alcohol motifs (C(OH)–C–C–N with tert-alkyl or cyclic N) is 1. The van der Waals surface area contributed by atoms with Crippen LogP contribution in [0.1, 0.15) is 12.8 Å². The summed E-state index contributed by atoms with van der Waals surface area (Å²) in [5, 5.41) is 17.8. The number of likely N-dealkylation sites (tertiary alicyclic amines) is 1. The molecular weight excluding hydrogens is 184 g/mol. The predicted molar refractivity (Wildman–Crippen MR) is 48.2 cm³/mol. The number of aliphatic hydroxyl groups is 1. The van der Waals surface area contributed by atoms with Gasteiger partial charge in [-0.15, -0.1) is 0 Å². The summed E-state index contributed by atoms with van der Waals surface area (Å²) in [6.45, 7) is 0.953. The van der Waals surface area contributed by atoms with Gasteiger partial charge in [-0.25, -0.2) is 0 Å². The second-order valence-electron chi connectivity index (χ2n) is 3.33. The van der Waals surface area contributed by atoms with E-state index in [-0.39, 0.29) is 12.0 Å². The Kier molecular flexibility index (Phi) is 3.86. The third kappa shape index (κ3) is 2.44. The van der Waals surface area contributed by atoms with Crippen LogP contribution in [0.2, 0.25) is 0 Å². The quantitative estimate of drug-likeness (QED) is 0.619. The average molecular weight is 198 g/mol. The molecule has 0 bridgehead atoms. The third-order valence-corrected chi connectivity index (χ3v) is 2.37. The summed E-state index contributed by atoms with van der Waals surface area (Å²) in [6, 6.07) is 1.63. The summed E-state index contributed by atoms with van der Waals surface area (Å²) < 4.78 is 4.62. The number of hydrogen-bond acceptors (Lipinski definition) is 5. The summed E-state index contributed by atoms with van der Waals surface area (Å²) in [5.41, 5.74) is 0. The molecule has 0 aromatic carbocycles. The van der Waals surface area contributed by atoms with Crippen molar-refractivity contribution in [3.8, 4) is 6.07 Å². The second kappa shape index (κ2) is 4.94. The molecule has 14 heavy (non-hydrogen) atoms. The van der Waals surface area contributed by atoms with Crippen LogP contribution >= 0.6 is 0 Å². The molecule has 0 radical (unpaired) electrons. The van der Waals surface area contributed by atoms with Gasteiger partial charge in [0.2, 0.25) is 0 Å². The van der Waals surface area contributed by atoms with Crippen LogP contribution in [0.4, 0.5) is 0 Å². The molecule has 2 atom stereocenters. The minimum absolute atomic E-state index is 0.334. The highest BCUT2D eigenvalue weighted by Gasteiger charge is 2.36. The smallest absolute Gasteiger partial charge is 0.323 e. The SMILES string of the molecule is COC(=O)[C@@H]1C[C@@H](O)CN1CCC#N. The molecule has 1 heterocycles. The lowest BCUT2D eigenvalue weighted by Gasteiger charge is -2.20. The number of nitrogens with zero attached hydrogens (tertiary/aromatic N) is 2. The van der Waals surface area contributed by atoms with Crippen molar-refractivity contribution in [2.24, 2.45) is 0 Å². The number of aliphatic hydroxyl groups excluding tert-OH is 1. The number of nitriles is 1. The van der Waals surface area contributed by atoms with E-state index >= 15 is 0 Å². The second-order valence-corrected chi connectivity index (χ2v) is 3.33. The molecule has 1 fully saturated rings. The molecule has 5 heteroatoms. The molecule has 1 aliphatic rings. The number of hydrogen-bond donors (Lipinski definition) is 1. The zero-order valence-electron chi connectivity index (χ0n) is 8.14. The first-order valence-corrected chi connectivity index (χ1v) is 4.56. The Balaban J connectivity index is 2.54. The van der Waals surface area contributed by atoms with Crippen molar-refractivity contribution in [3.63, 3.8) is 0 Å². The minimum Gasteiger partial charge on any atom is -0.468 e. The van der Waals surface area contributed by atoms with Crippen LogP contribution in [-0.4, -0.2) is 48.3 Å². The highest BCUT2D eigenvalue weighted by Crippen LogP contribution is 2.18. The van der Waals surface area contributed by atoms with Crippen molar-refractivity contribution >= 4 is 5.97 Å². The van der Waals surface area contributed by atoms with E-state index in [2.05, 4.69) is 4.74 Å². The average Bonchev–Trinajstić information content (AvgIpc) is 2.55. The van der Waals surface area contributed by atoms with E-state index in [1.165, 1.54) is 7.11 Å². The van der Waals surface area contributed by atoms with E-state index in [1.54, 1.807) is 4.90 Å². The molecule has 0 aromatic rings. The number of carbonyl (C=O) groups excluding carboxylic acids is 1. The van der Waals surface area contributed by atoms with Crippen molar-refractivity contribution in [1.29, 1.82) is 5.26 Å². The van der Waals surface area contributed by atoms with Crippen molar-refractivity contribution in [1.82, 2.24) is 4.90 Å². The van der Waals surface area contributed by atoms with E-state index in [1.807, 2.05) is 6.07 Å². The van der Waals surface area contributed by atoms with Gasteiger partial charge in [-0.2, -0.15) is 5.26 Å².